The van der Waals surface area contributed by atoms with Gasteiger partial charge in [0.2, 0.25) is 0 Å². The standard InChI is InChI=1S/C14H13BrN2O2/c1-3-8-17-9(2)11(14(18)19)12(15)13(17)10-4-6-16-7-5-10/h3-7H,1,8H2,2H3,(H,18,19). The highest BCUT2D eigenvalue weighted by atomic mass is 79.9. The maximum atomic E-state index is 11.4. The van der Waals surface area contributed by atoms with Gasteiger partial charge in [0.15, 0.2) is 0 Å². The van der Waals surface area contributed by atoms with Crippen LogP contribution in [0, 0.1) is 6.92 Å². The van der Waals surface area contributed by atoms with Gasteiger partial charge in [-0.2, -0.15) is 0 Å². The second kappa shape index (κ2) is 5.40. The second-order valence-electron chi connectivity index (χ2n) is 4.06. The Kier molecular flexibility index (Phi) is 3.85. The minimum Gasteiger partial charge on any atom is -0.478 e. The lowest BCUT2D eigenvalue weighted by Gasteiger charge is -2.09. The highest BCUT2D eigenvalue weighted by Gasteiger charge is 2.23. The molecule has 2 aromatic heterocycles. The van der Waals surface area contributed by atoms with E-state index in [9.17, 15) is 9.90 Å². The summed E-state index contributed by atoms with van der Waals surface area (Å²) < 4.78 is 2.51. The van der Waals surface area contributed by atoms with Gasteiger partial charge in [-0.05, 0) is 35.0 Å². The van der Waals surface area contributed by atoms with Gasteiger partial charge in [-0.3, -0.25) is 4.98 Å². The van der Waals surface area contributed by atoms with Crippen LogP contribution in [0.5, 0.6) is 0 Å². The van der Waals surface area contributed by atoms with Crippen LogP contribution in [0.15, 0.2) is 41.7 Å². The Labute approximate surface area is 119 Å². The van der Waals surface area contributed by atoms with Crippen molar-refractivity contribution in [2.24, 2.45) is 0 Å². The molecule has 0 saturated heterocycles. The fourth-order valence-corrected chi connectivity index (χ4v) is 3.00. The summed E-state index contributed by atoms with van der Waals surface area (Å²) in [6.07, 6.45) is 5.11. The minimum atomic E-state index is -0.942. The highest BCUT2D eigenvalue weighted by molar-refractivity contribution is 9.10. The fraction of sp³-hybridized carbons (Fsp3) is 0.143. The van der Waals surface area contributed by atoms with E-state index in [0.29, 0.717) is 16.7 Å². The van der Waals surface area contributed by atoms with E-state index < -0.39 is 5.97 Å². The van der Waals surface area contributed by atoms with Crippen molar-refractivity contribution in [3.8, 4) is 11.3 Å². The molecule has 0 aliphatic heterocycles. The Morgan fingerprint density at radius 2 is 2.16 bits per heavy atom. The predicted molar refractivity (Wildman–Crippen MR) is 77.3 cm³/mol. The molecule has 0 amide bonds. The molecular weight excluding hydrogens is 308 g/mol. The topological polar surface area (TPSA) is 55.1 Å². The zero-order chi connectivity index (χ0) is 14.0. The quantitative estimate of drug-likeness (QED) is 0.877. The van der Waals surface area contributed by atoms with Gasteiger partial charge in [0, 0.05) is 30.2 Å². The molecule has 0 unspecified atom stereocenters. The third-order valence-corrected chi connectivity index (χ3v) is 3.72. The molecule has 19 heavy (non-hydrogen) atoms. The molecule has 0 spiro atoms. The summed E-state index contributed by atoms with van der Waals surface area (Å²) in [5, 5.41) is 9.32. The number of aromatic nitrogens is 2. The van der Waals surface area contributed by atoms with Gasteiger partial charge in [-0.25, -0.2) is 4.79 Å². The van der Waals surface area contributed by atoms with E-state index in [1.165, 1.54) is 0 Å². The Bertz CT molecular complexity index is 633. The van der Waals surface area contributed by atoms with E-state index >= 15 is 0 Å². The Morgan fingerprint density at radius 3 is 2.68 bits per heavy atom. The lowest BCUT2D eigenvalue weighted by molar-refractivity contribution is 0.0695. The second-order valence-corrected chi connectivity index (χ2v) is 4.86. The molecule has 0 atom stereocenters. The summed E-state index contributed by atoms with van der Waals surface area (Å²) in [4.78, 5) is 15.3. The molecule has 98 valence electrons. The van der Waals surface area contributed by atoms with Crippen LogP contribution in [0.1, 0.15) is 16.1 Å². The molecular formula is C14H13BrN2O2. The SMILES string of the molecule is C=CCn1c(C)c(C(=O)O)c(Br)c1-c1ccncc1. The smallest absolute Gasteiger partial charge is 0.338 e. The summed E-state index contributed by atoms with van der Waals surface area (Å²) in [5.74, 6) is -0.942. The normalized spacial score (nSPS) is 10.4. The van der Waals surface area contributed by atoms with Crippen LogP contribution in [0.3, 0.4) is 0 Å². The molecule has 0 saturated carbocycles. The molecule has 2 rings (SSSR count). The van der Waals surface area contributed by atoms with Gasteiger partial charge in [0.1, 0.15) is 0 Å². The number of aromatic carboxylic acids is 1. The molecule has 1 N–H and O–H groups in total. The Hall–Kier alpha value is -1.88. The van der Waals surface area contributed by atoms with Crippen molar-refractivity contribution in [3.05, 3.63) is 52.9 Å². The van der Waals surface area contributed by atoms with E-state index in [2.05, 4.69) is 27.5 Å². The molecule has 0 radical (unpaired) electrons. The van der Waals surface area contributed by atoms with E-state index in [1.807, 2.05) is 16.7 Å². The lowest BCUT2D eigenvalue weighted by atomic mass is 10.2. The Balaban J connectivity index is 2.75. The molecule has 0 aliphatic carbocycles. The van der Waals surface area contributed by atoms with Crippen LogP contribution in [-0.2, 0) is 6.54 Å². The maximum absolute atomic E-state index is 11.4. The molecule has 4 nitrogen and oxygen atoms in total. The Morgan fingerprint density at radius 1 is 1.53 bits per heavy atom. The average molecular weight is 321 g/mol. The number of hydrogen-bond donors (Lipinski definition) is 1. The van der Waals surface area contributed by atoms with Crippen LogP contribution in [0.2, 0.25) is 0 Å². The van der Waals surface area contributed by atoms with Crippen LogP contribution < -0.4 is 0 Å². The van der Waals surface area contributed by atoms with Crippen molar-refractivity contribution >= 4 is 21.9 Å². The summed E-state index contributed by atoms with van der Waals surface area (Å²) in [5.41, 5.74) is 2.73. The van der Waals surface area contributed by atoms with Gasteiger partial charge >= 0.3 is 5.97 Å². The van der Waals surface area contributed by atoms with Gasteiger partial charge < -0.3 is 9.67 Å². The summed E-state index contributed by atoms with van der Waals surface area (Å²) in [6, 6.07) is 3.70. The van der Waals surface area contributed by atoms with E-state index in [4.69, 9.17) is 0 Å². The summed E-state index contributed by atoms with van der Waals surface area (Å²) in [6.45, 7) is 6.06. The monoisotopic (exact) mass is 320 g/mol. The average Bonchev–Trinajstić information content (AvgIpc) is 2.63. The van der Waals surface area contributed by atoms with Gasteiger partial charge in [-0.15, -0.1) is 6.58 Å². The van der Waals surface area contributed by atoms with E-state index in [0.717, 1.165) is 11.3 Å². The van der Waals surface area contributed by atoms with E-state index in [1.54, 1.807) is 25.4 Å². The number of hydrogen-bond acceptors (Lipinski definition) is 2. The molecule has 0 aromatic carbocycles. The molecule has 2 aromatic rings. The van der Waals surface area contributed by atoms with Crippen molar-refractivity contribution in [3.63, 3.8) is 0 Å². The first-order valence-electron chi connectivity index (χ1n) is 5.71. The van der Waals surface area contributed by atoms with Crippen molar-refractivity contribution in [2.75, 3.05) is 0 Å². The largest absolute Gasteiger partial charge is 0.478 e. The molecule has 0 aliphatic rings. The molecule has 5 heteroatoms. The van der Waals surface area contributed by atoms with Crippen molar-refractivity contribution in [1.82, 2.24) is 9.55 Å². The van der Waals surface area contributed by atoms with Crippen molar-refractivity contribution < 1.29 is 9.90 Å². The first kappa shape index (κ1) is 13.5. The predicted octanol–water partition coefficient (Wildman–Crippen LogP) is 3.51. The van der Waals surface area contributed by atoms with Crippen LogP contribution >= 0.6 is 15.9 Å². The van der Waals surface area contributed by atoms with Crippen LogP contribution in [-0.4, -0.2) is 20.6 Å². The number of allylic oxidation sites excluding steroid dienone is 1. The number of rotatable bonds is 4. The van der Waals surface area contributed by atoms with Crippen LogP contribution in [0.25, 0.3) is 11.3 Å². The number of nitrogens with zero attached hydrogens (tertiary/aromatic N) is 2. The van der Waals surface area contributed by atoms with Gasteiger partial charge in [-0.1, -0.05) is 6.08 Å². The summed E-state index contributed by atoms with van der Waals surface area (Å²) in [7, 11) is 0. The number of halogens is 1. The first-order valence-corrected chi connectivity index (χ1v) is 6.50. The third kappa shape index (κ3) is 2.33. The van der Waals surface area contributed by atoms with Gasteiger partial charge in [0.25, 0.3) is 0 Å². The maximum Gasteiger partial charge on any atom is 0.338 e. The number of carbonyl (C=O) groups is 1. The fourth-order valence-electron chi connectivity index (χ4n) is 2.10. The van der Waals surface area contributed by atoms with Crippen molar-refractivity contribution in [1.29, 1.82) is 0 Å². The number of carboxylic acid groups (broad SMARTS) is 1. The zero-order valence-corrected chi connectivity index (χ0v) is 12.0. The molecule has 0 bridgehead atoms. The third-order valence-electron chi connectivity index (χ3n) is 2.94. The molecule has 2 heterocycles. The van der Waals surface area contributed by atoms with Gasteiger partial charge in [0.05, 0.1) is 15.7 Å². The van der Waals surface area contributed by atoms with Crippen LogP contribution in [0.4, 0.5) is 0 Å². The number of pyridine rings is 1. The number of carboxylic acids is 1. The first-order chi connectivity index (χ1) is 9.07. The zero-order valence-electron chi connectivity index (χ0n) is 10.4. The molecule has 0 fully saturated rings. The summed E-state index contributed by atoms with van der Waals surface area (Å²) >= 11 is 3.40. The lowest BCUT2D eigenvalue weighted by Crippen LogP contribution is -2.03. The minimum absolute atomic E-state index is 0.286. The van der Waals surface area contributed by atoms with Crippen molar-refractivity contribution in [2.45, 2.75) is 13.5 Å². The van der Waals surface area contributed by atoms with E-state index in [-0.39, 0.29) is 5.56 Å². The highest BCUT2D eigenvalue weighted by Crippen LogP contribution is 2.35.